The first-order chi connectivity index (χ1) is 9.63. The van der Waals surface area contributed by atoms with Crippen molar-refractivity contribution in [3.05, 3.63) is 35.1 Å². The number of carbonyl (C=O) groups excluding carboxylic acids is 1. The molecule has 1 amide bonds. The van der Waals surface area contributed by atoms with Gasteiger partial charge in [-0.15, -0.1) is 0 Å². The van der Waals surface area contributed by atoms with Crippen LogP contribution in [0.5, 0.6) is 0 Å². The molecule has 1 fully saturated rings. The molecule has 2 rings (SSSR count). The predicted molar refractivity (Wildman–Crippen MR) is 73.2 cm³/mol. The highest BCUT2D eigenvalue weighted by Gasteiger charge is 2.25. The lowest BCUT2D eigenvalue weighted by atomic mass is 9.96. The van der Waals surface area contributed by atoms with Gasteiger partial charge >= 0.3 is 0 Å². The molecule has 1 aliphatic rings. The summed E-state index contributed by atoms with van der Waals surface area (Å²) in [6.07, 6.45) is 1.82. The van der Waals surface area contributed by atoms with Crippen LogP contribution in [0.2, 0.25) is 0 Å². The molecule has 106 valence electrons. The Balaban J connectivity index is 2.08. The van der Waals surface area contributed by atoms with E-state index in [-0.39, 0.29) is 17.6 Å². The van der Waals surface area contributed by atoms with Crippen LogP contribution in [-0.4, -0.2) is 30.9 Å². The second-order valence-corrected chi connectivity index (χ2v) is 5.10. The van der Waals surface area contributed by atoms with E-state index in [9.17, 15) is 9.18 Å². The summed E-state index contributed by atoms with van der Waals surface area (Å²) in [6, 6.07) is 6.29. The van der Waals surface area contributed by atoms with Crippen molar-refractivity contribution in [1.82, 2.24) is 10.2 Å². The molecule has 0 radical (unpaired) electrons. The fourth-order valence-corrected chi connectivity index (χ4v) is 2.66. The highest BCUT2D eigenvalue weighted by atomic mass is 19.1. The SMILES string of the molecule is CNC(=O)C1CCCN(Cc2cc(F)ccc2C#N)C1. The maximum Gasteiger partial charge on any atom is 0.224 e. The van der Waals surface area contributed by atoms with Gasteiger partial charge in [0.05, 0.1) is 17.6 Å². The lowest BCUT2D eigenvalue weighted by molar-refractivity contribution is -0.126. The van der Waals surface area contributed by atoms with Gasteiger partial charge in [0.2, 0.25) is 5.91 Å². The normalized spacial score (nSPS) is 19.4. The van der Waals surface area contributed by atoms with Crippen molar-refractivity contribution < 1.29 is 9.18 Å². The van der Waals surface area contributed by atoms with Gasteiger partial charge in [-0.25, -0.2) is 4.39 Å². The number of halogens is 1. The predicted octanol–water partition coefficient (Wildman–Crippen LogP) is 1.66. The van der Waals surface area contributed by atoms with Crippen LogP contribution in [0.25, 0.3) is 0 Å². The quantitative estimate of drug-likeness (QED) is 0.912. The second kappa shape index (κ2) is 6.49. The molecule has 20 heavy (non-hydrogen) atoms. The molecule has 1 N–H and O–H groups in total. The Kier molecular flexibility index (Phi) is 4.70. The Hall–Kier alpha value is -1.93. The Bertz CT molecular complexity index is 538. The summed E-state index contributed by atoms with van der Waals surface area (Å²) < 4.78 is 13.3. The number of nitrogens with zero attached hydrogens (tertiary/aromatic N) is 2. The van der Waals surface area contributed by atoms with Crippen molar-refractivity contribution in [3.8, 4) is 6.07 Å². The third-order valence-corrected chi connectivity index (χ3v) is 3.70. The number of likely N-dealkylation sites (tertiary alicyclic amines) is 1. The molecule has 0 aromatic heterocycles. The summed E-state index contributed by atoms with van der Waals surface area (Å²) in [6.45, 7) is 2.03. The van der Waals surface area contributed by atoms with Crippen LogP contribution in [0.15, 0.2) is 18.2 Å². The Morgan fingerprint density at radius 1 is 1.60 bits per heavy atom. The van der Waals surface area contributed by atoms with E-state index < -0.39 is 0 Å². The molecule has 4 nitrogen and oxygen atoms in total. The maximum absolute atomic E-state index is 13.3. The minimum Gasteiger partial charge on any atom is -0.359 e. The van der Waals surface area contributed by atoms with Gasteiger partial charge in [0, 0.05) is 20.1 Å². The van der Waals surface area contributed by atoms with E-state index in [2.05, 4.69) is 16.3 Å². The molecule has 1 unspecified atom stereocenters. The minimum absolute atomic E-state index is 0.0205. The molecule has 1 atom stereocenters. The van der Waals surface area contributed by atoms with Crippen molar-refractivity contribution in [2.45, 2.75) is 19.4 Å². The van der Waals surface area contributed by atoms with Gasteiger partial charge in [0.1, 0.15) is 5.82 Å². The van der Waals surface area contributed by atoms with Gasteiger partial charge < -0.3 is 5.32 Å². The van der Waals surface area contributed by atoms with E-state index in [1.807, 2.05) is 0 Å². The highest BCUT2D eigenvalue weighted by Crippen LogP contribution is 2.20. The average molecular weight is 275 g/mol. The van der Waals surface area contributed by atoms with Crippen LogP contribution in [0.1, 0.15) is 24.0 Å². The molecule has 1 heterocycles. The molecular weight excluding hydrogens is 257 g/mol. The first kappa shape index (κ1) is 14.5. The fourth-order valence-electron chi connectivity index (χ4n) is 2.66. The van der Waals surface area contributed by atoms with E-state index in [4.69, 9.17) is 5.26 Å². The highest BCUT2D eigenvalue weighted by molar-refractivity contribution is 5.78. The first-order valence-electron chi connectivity index (χ1n) is 6.76. The van der Waals surface area contributed by atoms with Gasteiger partial charge in [-0.05, 0) is 43.1 Å². The van der Waals surface area contributed by atoms with Crippen molar-refractivity contribution in [2.75, 3.05) is 20.1 Å². The maximum atomic E-state index is 13.3. The van der Waals surface area contributed by atoms with Crippen molar-refractivity contribution in [1.29, 1.82) is 5.26 Å². The van der Waals surface area contributed by atoms with E-state index in [1.165, 1.54) is 18.2 Å². The zero-order chi connectivity index (χ0) is 14.5. The second-order valence-electron chi connectivity index (χ2n) is 5.10. The molecular formula is C15H18FN3O. The number of piperidine rings is 1. The monoisotopic (exact) mass is 275 g/mol. The number of amides is 1. The minimum atomic E-state index is -0.334. The summed E-state index contributed by atoms with van der Waals surface area (Å²) in [5.74, 6) is -0.304. The van der Waals surface area contributed by atoms with Gasteiger partial charge in [-0.3, -0.25) is 9.69 Å². The van der Waals surface area contributed by atoms with E-state index >= 15 is 0 Å². The summed E-state index contributed by atoms with van der Waals surface area (Å²) >= 11 is 0. The number of nitriles is 1. The van der Waals surface area contributed by atoms with Crippen LogP contribution in [-0.2, 0) is 11.3 Å². The summed E-state index contributed by atoms with van der Waals surface area (Å²) in [5.41, 5.74) is 1.18. The molecule has 0 spiro atoms. The molecule has 5 heteroatoms. The number of carbonyl (C=O) groups is 1. The largest absolute Gasteiger partial charge is 0.359 e. The average Bonchev–Trinajstić information content (AvgIpc) is 2.47. The van der Waals surface area contributed by atoms with Gasteiger partial charge in [0.15, 0.2) is 0 Å². The van der Waals surface area contributed by atoms with Gasteiger partial charge in [-0.2, -0.15) is 5.26 Å². The van der Waals surface area contributed by atoms with Crippen LogP contribution < -0.4 is 5.32 Å². The standard InChI is InChI=1S/C15H18FN3O/c1-18-15(20)12-3-2-6-19(9-12)10-13-7-14(16)5-4-11(13)8-17/h4-5,7,12H,2-3,6,9-10H2,1H3,(H,18,20). The Morgan fingerprint density at radius 2 is 2.40 bits per heavy atom. The molecule has 0 aliphatic carbocycles. The molecule has 1 aromatic carbocycles. The number of rotatable bonds is 3. The Labute approximate surface area is 118 Å². The lowest BCUT2D eigenvalue weighted by Crippen LogP contribution is -2.41. The molecule has 0 saturated carbocycles. The molecule has 1 saturated heterocycles. The third-order valence-electron chi connectivity index (χ3n) is 3.70. The number of nitrogens with one attached hydrogen (secondary N) is 1. The van der Waals surface area contributed by atoms with Crippen molar-refractivity contribution in [3.63, 3.8) is 0 Å². The van der Waals surface area contributed by atoms with E-state index in [0.29, 0.717) is 24.2 Å². The van der Waals surface area contributed by atoms with Crippen LogP contribution >= 0.6 is 0 Å². The number of hydrogen-bond acceptors (Lipinski definition) is 3. The number of benzene rings is 1. The smallest absolute Gasteiger partial charge is 0.224 e. The first-order valence-corrected chi connectivity index (χ1v) is 6.76. The molecule has 1 aliphatic heterocycles. The van der Waals surface area contributed by atoms with Crippen LogP contribution in [0.3, 0.4) is 0 Å². The summed E-state index contributed by atoms with van der Waals surface area (Å²) in [5, 5.41) is 11.7. The lowest BCUT2D eigenvalue weighted by Gasteiger charge is -2.31. The zero-order valence-electron chi connectivity index (χ0n) is 11.5. The topological polar surface area (TPSA) is 56.1 Å². The van der Waals surface area contributed by atoms with E-state index in [0.717, 1.165) is 19.4 Å². The molecule has 0 bridgehead atoms. The van der Waals surface area contributed by atoms with Crippen LogP contribution in [0.4, 0.5) is 4.39 Å². The van der Waals surface area contributed by atoms with Gasteiger partial charge in [0.25, 0.3) is 0 Å². The summed E-state index contributed by atoms with van der Waals surface area (Å²) in [7, 11) is 1.64. The van der Waals surface area contributed by atoms with Crippen molar-refractivity contribution in [2.24, 2.45) is 5.92 Å². The zero-order valence-corrected chi connectivity index (χ0v) is 11.5. The van der Waals surface area contributed by atoms with Gasteiger partial charge in [-0.1, -0.05) is 0 Å². The Morgan fingerprint density at radius 3 is 3.10 bits per heavy atom. The van der Waals surface area contributed by atoms with Crippen LogP contribution in [0, 0.1) is 23.1 Å². The van der Waals surface area contributed by atoms with E-state index in [1.54, 1.807) is 7.05 Å². The fraction of sp³-hybridized carbons (Fsp3) is 0.467. The molecule has 1 aromatic rings. The summed E-state index contributed by atoms with van der Waals surface area (Å²) in [4.78, 5) is 13.8. The third kappa shape index (κ3) is 3.34. The number of hydrogen-bond donors (Lipinski definition) is 1. The van der Waals surface area contributed by atoms with Crippen molar-refractivity contribution >= 4 is 5.91 Å².